The Kier molecular flexibility index (Phi) is 7.62. The molecule has 4 unspecified atom stereocenters. The van der Waals surface area contributed by atoms with Crippen LogP contribution in [0.15, 0.2) is 17.6 Å². The summed E-state index contributed by atoms with van der Waals surface area (Å²) >= 11 is 0. The fourth-order valence-corrected chi connectivity index (χ4v) is 6.25. The first-order valence-corrected chi connectivity index (χ1v) is 14.2. The van der Waals surface area contributed by atoms with Crippen LogP contribution in [-0.4, -0.2) is 137 Å². The summed E-state index contributed by atoms with van der Waals surface area (Å²) in [5, 5.41) is 47.3. The summed E-state index contributed by atoms with van der Waals surface area (Å²) in [6, 6.07) is -0.882. The minimum absolute atomic E-state index is 0.0793. The van der Waals surface area contributed by atoms with Gasteiger partial charge in [0.25, 0.3) is 5.91 Å². The molecule has 0 aliphatic carbocycles. The molecule has 21 nitrogen and oxygen atoms in total. The fourth-order valence-electron chi connectivity index (χ4n) is 5.29. The van der Waals surface area contributed by atoms with Crippen LogP contribution in [-0.2, 0) is 27.9 Å². The molecule has 6 rings (SSSR count). The van der Waals surface area contributed by atoms with E-state index in [4.69, 9.17) is 30.0 Å². The number of nitrogens with one attached hydrogen (secondary N) is 2. The number of imidazole rings is 1. The number of phosphoric ester groups is 1. The lowest BCUT2D eigenvalue weighted by molar-refractivity contribution is -0.130. The van der Waals surface area contributed by atoms with E-state index in [0.29, 0.717) is 0 Å². The van der Waals surface area contributed by atoms with Crippen molar-refractivity contribution in [2.75, 3.05) is 18.9 Å². The molecule has 4 aliphatic rings. The van der Waals surface area contributed by atoms with Gasteiger partial charge in [-0.1, -0.05) is 0 Å². The molecule has 2 aromatic rings. The Morgan fingerprint density at radius 2 is 1.86 bits per heavy atom. The third kappa shape index (κ3) is 5.02. The maximum atomic E-state index is 12.9. The van der Waals surface area contributed by atoms with Crippen LogP contribution in [0.25, 0.3) is 11.2 Å². The van der Waals surface area contributed by atoms with Crippen LogP contribution in [0.5, 0.6) is 0 Å². The van der Waals surface area contributed by atoms with Gasteiger partial charge in [-0.15, -0.1) is 0 Å². The number of nitrogens with two attached hydrogens (primary N) is 2. The Balaban J connectivity index is 1.10. The van der Waals surface area contributed by atoms with Gasteiger partial charge in [-0.25, -0.2) is 19.5 Å². The average molecular weight is 616 g/mol. The number of carbonyl (C=O) groups is 1. The second kappa shape index (κ2) is 11.0. The lowest BCUT2D eigenvalue weighted by Crippen LogP contribution is -2.70. The maximum Gasteiger partial charge on any atom is 0.472 e. The zero-order valence-electron chi connectivity index (χ0n) is 21.5. The molecule has 0 spiro atoms. The number of aliphatic hydroxyl groups excluding tert-OH is 4. The van der Waals surface area contributed by atoms with Crippen LogP contribution in [0.3, 0.4) is 0 Å². The number of carbonyl (C=O) groups excluding carboxylic acids is 1. The number of hydrogen-bond acceptors (Lipinski definition) is 18. The van der Waals surface area contributed by atoms with Gasteiger partial charge >= 0.3 is 7.82 Å². The highest BCUT2D eigenvalue weighted by atomic mass is 31.2. The van der Waals surface area contributed by atoms with Crippen molar-refractivity contribution < 1.29 is 53.2 Å². The summed E-state index contributed by atoms with van der Waals surface area (Å²) in [7, 11) is -4.99. The van der Waals surface area contributed by atoms with Gasteiger partial charge in [-0.3, -0.25) is 34.5 Å². The Morgan fingerprint density at radius 1 is 1.10 bits per heavy atom. The Labute approximate surface area is 235 Å². The third-order valence-corrected chi connectivity index (χ3v) is 8.32. The standard InChI is InChI=1S/C20H29N10O11P/c21-14-8-15(24-3-23-14)29(4-25-8)19-12(34)13(6(1-31)39-19)41-42(36,37)38-2-7-10(32)11(33)18(40-7)30-5-26-9-16(30)27-20(22)28-17(9)35/h3-7,9-13,16,18-20,27,31-34H,1-2,22H2,(H,28,35)(H,36,37)(H2,21,23,24)/t6-,7-,9?,10-,11-,12-,13-,16?,18-,19-,20?/m1/s1. The monoisotopic (exact) mass is 616 g/mol. The predicted octanol–water partition coefficient (Wildman–Crippen LogP) is -5.39. The van der Waals surface area contributed by atoms with Crippen LogP contribution in [0.4, 0.5) is 5.82 Å². The molecule has 4 aliphatic heterocycles. The highest BCUT2D eigenvalue weighted by molar-refractivity contribution is 7.47. The molecular formula is C20H29N10O11P. The molecule has 0 bridgehead atoms. The molecule has 0 radical (unpaired) electrons. The number of hydrogen-bond donors (Lipinski definition) is 9. The zero-order valence-corrected chi connectivity index (χ0v) is 22.4. The predicted molar refractivity (Wildman–Crippen MR) is 135 cm³/mol. The first kappa shape index (κ1) is 29.2. The van der Waals surface area contributed by atoms with Gasteiger partial charge in [-0.2, -0.15) is 0 Å². The van der Waals surface area contributed by atoms with E-state index in [0.717, 1.165) is 0 Å². The SMILES string of the molecule is Nc1ncnc2c1ncn2[C@@H]1O[C@H](CO)[C@@H](OP(=O)(O)OC[C@H]2O[C@@H](N3C=NC4C(=O)NC(N)NC43)[C@H](O)[C@@H]2O)[C@H]1O. The number of anilines is 1. The second-order valence-corrected chi connectivity index (χ2v) is 11.4. The number of amides is 1. The molecule has 6 heterocycles. The van der Waals surface area contributed by atoms with E-state index < -0.39 is 94.5 Å². The molecular weight excluding hydrogens is 587 g/mol. The molecule has 11 N–H and O–H groups in total. The van der Waals surface area contributed by atoms with E-state index in [9.17, 15) is 34.7 Å². The van der Waals surface area contributed by atoms with Gasteiger partial charge < -0.3 is 50.7 Å². The lowest BCUT2D eigenvalue weighted by Gasteiger charge is -2.38. The van der Waals surface area contributed by atoms with Crippen LogP contribution >= 0.6 is 7.82 Å². The summed E-state index contributed by atoms with van der Waals surface area (Å²) in [5.41, 5.74) is 12.0. The normalized spacial score (nSPS) is 39.5. The number of aliphatic imine (C=N–C) groups is 1. The maximum absolute atomic E-state index is 12.9. The van der Waals surface area contributed by atoms with E-state index >= 15 is 0 Å². The Morgan fingerprint density at radius 3 is 2.62 bits per heavy atom. The number of ether oxygens (including phenoxy) is 2. The van der Waals surface area contributed by atoms with E-state index in [1.807, 2.05) is 0 Å². The van der Waals surface area contributed by atoms with Gasteiger partial charge in [0.05, 0.1) is 25.9 Å². The van der Waals surface area contributed by atoms with E-state index in [2.05, 4.69) is 30.6 Å². The van der Waals surface area contributed by atoms with Crippen molar-refractivity contribution in [3.05, 3.63) is 12.7 Å². The van der Waals surface area contributed by atoms with Gasteiger partial charge in [-0.05, 0) is 0 Å². The Bertz CT molecular complexity index is 1420. The van der Waals surface area contributed by atoms with Crippen molar-refractivity contribution in [1.29, 1.82) is 0 Å². The first-order valence-electron chi connectivity index (χ1n) is 12.7. The topological polar surface area (TPSA) is 308 Å². The second-order valence-electron chi connectivity index (χ2n) is 9.96. The number of nitrogen functional groups attached to an aromatic ring is 1. The molecule has 0 aromatic carbocycles. The van der Waals surface area contributed by atoms with Crippen molar-refractivity contribution in [1.82, 2.24) is 35.1 Å². The smallest absolute Gasteiger partial charge is 0.394 e. The number of rotatable bonds is 8. The van der Waals surface area contributed by atoms with Crippen molar-refractivity contribution in [3.63, 3.8) is 0 Å². The van der Waals surface area contributed by atoms with Gasteiger partial charge in [0.1, 0.15) is 60.9 Å². The summed E-state index contributed by atoms with van der Waals surface area (Å²) in [6.45, 7) is -1.43. The van der Waals surface area contributed by atoms with Crippen molar-refractivity contribution in [3.8, 4) is 0 Å². The van der Waals surface area contributed by atoms with E-state index in [-0.39, 0.29) is 17.0 Å². The van der Waals surface area contributed by atoms with Crippen molar-refractivity contribution >= 4 is 37.1 Å². The molecule has 2 aromatic heterocycles. The van der Waals surface area contributed by atoms with Gasteiger partial charge in [0, 0.05) is 0 Å². The Hall–Kier alpha value is -2.92. The average Bonchev–Trinajstić information content (AvgIpc) is 3.69. The van der Waals surface area contributed by atoms with E-state index in [1.54, 1.807) is 0 Å². The molecule has 3 fully saturated rings. The fraction of sp³-hybridized carbons (Fsp3) is 0.650. The summed E-state index contributed by atoms with van der Waals surface area (Å²) < 4.78 is 35.8. The van der Waals surface area contributed by atoms with Crippen LogP contribution in [0.2, 0.25) is 0 Å². The molecule has 12 atom stereocenters. The number of fused-ring (bicyclic) bond motifs is 2. The number of phosphoric acid groups is 1. The highest BCUT2D eigenvalue weighted by Gasteiger charge is 2.53. The quantitative estimate of drug-likeness (QED) is 0.125. The molecule has 22 heteroatoms. The molecule has 3 saturated heterocycles. The summed E-state index contributed by atoms with van der Waals surface area (Å²) in [6.07, 6.45) is -9.26. The van der Waals surface area contributed by atoms with Gasteiger partial charge in [0.15, 0.2) is 30.0 Å². The van der Waals surface area contributed by atoms with Crippen LogP contribution < -0.4 is 22.1 Å². The summed E-state index contributed by atoms with van der Waals surface area (Å²) in [4.78, 5) is 40.0. The van der Waals surface area contributed by atoms with E-state index in [1.165, 1.54) is 28.5 Å². The number of nitrogens with zero attached hydrogens (tertiary/aromatic N) is 6. The molecule has 230 valence electrons. The molecule has 0 saturated carbocycles. The summed E-state index contributed by atoms with van der Waals surface area (Å²) in [5.74, 6) is -0.369. The third-order valence-electron chi connectivity index (χ3n) is 7.34. The largest absolute Gasteiger partial charge is 0.472 e. The highest BCUT2D eigenvalue weighted by Crippen LogP contribution is 2.49. The van der Waals surface area contributed by atoms with Gasteiger partial charge in [0.2, 0.25) is 0 Å². The zero-order chi connectivity index (χ0) is 29.9. The minimum atomic E-state index is -4.99. The van der Waals surface area contributed by atoms with Crippen LogP contribution in [0.1, 0.15) is 6.23 Å². The molecule has 42 heavy (non-hydrogen) atoms. The van der Waals surface area contributed by atoms with Crippen molar-refractivity contribution in [2.24, 2.45) is 10.7 Å². The number of aliphatic hydroxyl groups is 4. The van der Waals surface area contributed by atoms with Crippen LogP contribution in [0, 0.1) is 0 Å². The van der Waals surface area contributed by atoms with Crippen molar-refractivity contribution in [2.45, 2.75) is 67.6 Å². The molecule has 1 amide bonds. The lowest BCUT2D eigenvalue weighted by atomic mass is 10.1. The number of aromatic nitrogens is 4. The first-order chi connectivity index (χ1) is 20.0. The minimum Gasteiger partial charge on any atom is -0.394 e.